The van der Waals surface area contributed by atoms with Gasteiger partial charge in [0.25, 0.3) is 0 Å². The molecule has 0 atom stereocenters. The lowest BCUT2D eigenvalue weighted by molar-refractivity contribution is 0.866. The van der Waals surface area contributed by atoms with Crippen molar-refractivity contribution >= 4 is 11.4 Å². The summed E-state index contributed by atoms with van der Waals surface area (Å²) in [5.74, 6) is 0. The maximum absolute atomic E-state index is 8.48. The van der Waals surface area contributed by atoms with Gasteiger partial charge in [0.05, 0.1) is 11.0 Å². The highest BCUT2D eigenvalue weighted by Crippen LogP contribution is 2.25. The van der Waals surface area contributed by atoms with Crippen molar-refractivity contribution in [3.05, 3.63) is 48.3 Å². The average molecular weight is 305 g/mol. The second-order valence-electron chi connectivity index (χ2n) is 4.79. The summed E-state index contributed by atoms with van der Waals surface area (Å²) in [4.78, 5) is 3.45. The Hall–Kier alpha value is -1.96. The molecular formula is C20H28N2. The molecule has 2 nitrogen and oxygen atoms in total. The van der Waals surface area contributed by atoms with E-state index in [0.29, 0.717) is 26.2 Å². The Morgan fingerprint density at radius 1 is 0.591 bits per heavy atom. The molecule has 0 fully saturated rings. The minimum Gasteiger partial charge on any atom is -0.372 e. The van der Waals surface area contributed by atoms with Gasteiger partial charge in [0.2, 0.25) is 0 Å². The molecule has 0 aliphatic carbocycles. The first-order valence-electron chi connectivity index (χ1n) is 11.8. The summed E-state index contributed by atoms with van der Waals surface area (Å²) in [5.41, 5.74) is -0.0597. The van der Waals surface area contributed by atoms with Gasteiger partial charge >= 0.3 is 0 Å². The zero-order valence-corrected chi connectivity index (χ0v) is 13.7. The minimum absolute atomic E-state index is 0.175. The van der Waals surface area contributed by atoms with Gasteiger partial charge < -0.3 is 9.80 Å². The number of hydrogen-bond acceptors (Lipinski definition) is 2. The van der Waals surface area contributed by atoms with Crippen LogP contribution >= 0.6 is 0 Å². The maximum Gasteiger partial charge on any atom is 0.0645 e. The lowest BCUT2D eigenvalue weighted by Crippen LogP contribution is -2.21. The first-order chi connectivity index (χ1) is 14.1. The molecule has 0 N–H and O–H groups in total. The number of benzene rings is 2. The SMILES string of the molecule is [2H]c1c([2H])c(N(CC)CC)c([2H])c([2H])c1-c1c([2H])c([2H])c(N(CC)CC)c([2H])c1[2H]. The third-order valence-corrected chi connectivity index (χ3v) is 3.63. The van der Waals surface area contributed by atoms with E-state index < -0.39 is 0 Å². The lowest BCUT2D eigenvalue weighted by Gasteiger charge is -2.22. The molecule has 2 aromatic rings. The third-order valence-electron chi connectivity index (χ3n) is 3.63. The Labute approximate surface area is 146 Å². The molecule has 0 aromatic heterocycles. The first kappa shape index (κ1) is 8.61. The van der Waals surface area contributed by atoms with Crippen molar-refractivity contribution in [2.75, 3.05) is 36.0 Å². The summed E-state index contributed by atoms with van der Waals surface area (Å²) in [5, 5.41) is 0. The molecular weight excluding hydrogens is 268 g/mol. The monoisotopic (exact) mass is 304 g/mol. The van der Waals surface area contributed by atoms with Crippen molar-refractivity contribution < 1.29 is 11.0 Å². The summed E-state index contributed by atoms with van der Waals surface area (Å²) in [6.07, 6.45) is 0. The summed E-state index contributed by atoms with van der Waals surface area (Å²) in [6, 6.07) is -2.47. The van der Waals surface area contributed by atoms with E-state index in [0.717, 1.165) is 0 Å². The van der Waals surface area contributed by atoms with Crippen LogP contribution in [0.2, 0.25) is 0 Å². The molecule has 2 heteroatoms. The summed E-state index contributed by atoms with van der Waals surface area (Å²) in [6.45, 7) is 9.46. The summed E-state index contributed by atoms with van der Waals surface area (Å²) < 4.78 is 67.6. The molecule has 118 valence electrons. The highest BCUT2D eigenvalue weighted by molar-refractivity contribution is 5.68. The molecule has 0 spiro atoms. The summed E-state index contributed by atoms with van der Waals surface area (Å²) in [7, 11) is 0. The van der Waals surface area contributed by atoms with E-state index in [-0.39, 0.29) is 70.8 Å². The van der Waals surface area contributed by atoms with Crippen molar-refractivity contribution in [1.29, 1.82) is 0 Å². The number of nitrogens with zero attached hydrogens (tertiary/aromatic N) is 2. The Morgan fingerprint density at radius 2 is 0.864 bits per heavy atom. The number of hydrogen-bond donors (Lipinski definition) is 0. The molecule has 2 aromatic carbocycles. The van der Waals surface area contributed by atoms with E-state index >= 15 is 0 Å². The van der Waals surface area contributed by atoms with Gasteiger partial charge in [-0.1, -0.05) is 24.2 Å². The van der Waals surface area contributed by atoms with Crippen LogP contribution in [0.1, 0.15) is 38.7 Å². The predicted molar refractivity (Wildman–Crippen MR) is 99.0 cm³/mol. The Morgan fingerprint density at radius 3 is 1.09 bits per heavy atom. The molecule has 22 heavy (non-hydrogen) atoms. The van der Waals surface area contributed by atoms with Crippen molar-refractivity contribution in [2.24, 2.45) is 0 Å². The Kier molecular flexibility index (Phi) is 3.09. The van der Waals surface area contributed by atoms with Crippen LogP contribution in [0.25, 0.3) is 11.1 Å². The molecule has 0 unspecified atom stereocenters. The van der Waals surface area contributed by atoms with Gasteiger partial charge in [0.1, 0.15) is 0 Å². The van der Waals surface area contributed by atoms with E-state index in [1.54, 1.807) is 9.80 Å². The second kappa shape index (κ2) is 7.88. The molecule has 0 heterocycles. The normalized spacial score (nSPS) is 15.6. The van der Waals surface area contributed by atoms with E-state index in [4.69, 9.17) is 11.0 Å². The van der Waals surface area contributed by atoms with Crippen LogP contribution in [-0.4, -0.2) is 26.2 Å². The second-order valence-corrected chi connectivity index (χ2v) is 4.79. The predicted octanol–water partition coefficient (Wildman–Crippen LogP) is 5.05. The van der Waals surface area contributed by atoms with Gasteiger partial charge in [-0.25, -0.2) is 0 Å². The smallest absolute Gasteiger partial charge is 0.0645 e. The maximum atomic E-state index is 8.48. The topological polar surface area (TPSA) is 6.48 Å². The van der Waals surface area contributed by atoms with Gasteiger partial charge in [-0.15, -0.1) is 0 Å². The van der Waals surface area contributed by atoms with Gasteiger partial charge in [-0.05, 0) is 63.0 Å². The van der Waals surface area contributed by atoms with Crippen LogP contribution in [0.15, 0.2) is 48.3 Å². The molecule has 0 amide bonds. The van der Waals surface area contributed by atoms with Gasteiger partial charge in [-0.3, -0.25) is 0 Å². The fraction of sp³-hybridized carbons (Fsp3) is 0.400. The number of rotatable bonds is 7. The van der Waals surface area contributed by atoms with Crippen LogP contribution in [0.4, 0.5) is 11.4 Å². The molecule has 0 radical (unpaired) electrons. The van der Waals surface area contributed by atoms with Gasteiger partial charge in [0, 0.05) is 37.6 Å². The fourth-order valence-corrected chi connectivity index (χ4v) is 2.26. The molecule has 0 saturated carbocycles. The molecule has 0 aliphatic rings. The van der Waals surface area contributed by atoms with Crippen LogP contribution in [0, 0.1) is 0 Å². The van der Waals surface area contributed by atoms with Crippen LogP contribution in [0.3, 0.4) is 0 Å². The Bertz CT molecular complexity index is 817. The third kappa shape index (κ3) is 3.62. The van der Waals surface area contributed by atoms with Crippen molar-refractivity contribution in [2.45, 2.75) is 27.7 Å². The van der Waals surface area contributed by atoms with Crippen molar-refractivity contribution in [3.63, 3.8) is 0 Å². The van der Waals surface area contributed by atoms with Crippen LogP contribution < -0.4 is 9.80 Å². The highest BCUT2D eigenvalue weighted by Gasteiger charge is 2.04. The zero-order valence-electron chi connectivity index (χ0n) is 21.7. The molecule has 0 aliphatic heterocycles. The molecule has 0 saturated heterocycles. The standard InChI is InChI=1S/C20H28N2/c1-5-21(6-2)19-13-9-17(10-14-19)18-11-15-20(16-12-18)22(7-3)8-4/h9-16H,5-8H2,1-4H3/i9D,10D,11D,12D,13D,14D,15D,16D. The molecule has 0 bridgehead atoms. The van der Waals surface area contributed by atoms with Crippen molar-refractivity contribution in [3.8, 4) is 11.1 Å². The quantitative estimate of drug-likeness (QED) is 0.706. The van der Waals surface area contributed by atoms with Gasteiger partial charge in [0.15, 0.2) is 0 Å². The lowest BCUT2D eigenvalue weighted by atomic mass is 10.0. The number of anilines is 2. The highest BCUT2D eigenvalue weighted by atomic mass is 15.1. The largest absolute Gasteiger partial charge is 0.372 e. The zero-order chi connectivity index (χ0) is 22.9. The minimum atomic E-state index is -0.366. The first-order valence-corrected chi connectivity index (χ1v) is 7.79. The van der Waals surface area contributed by atoms with Gasteiger partial charge in [-0.2, -0.15) is 0 Å². The summed E-state index contributed by atoms with van der Waals surface area (Å²) >= 11 is 0. The van der Waals surface area contributed by atoms with E-state index in [1.807, 2.05) is 27.7 Å². The van der Waals surface area contributed by atoms with Crippen molar-refractivity contribution in [1.82, 2.24) is 0 Å². The van der Waals surface area contributed by atoms with Crippen LogP contribution in [-0.2, 0) is 0 Å². The molecule has 2 rings (SSSR count). The van der Waals surface area contributed by atoms with E-state index in [9.17, 15) is 0 Å². The fourth-order valence-electron chi connectivity index (χ4n) is 2.26. The average Bonchev–Trinajstić information content (AvgIpc) is 2.73. The van der Waals surface area contributed by atoms with E-state index in [1.165, 1.54) is 0 Å². The van der Waals surface area contributed by atoms with E-state index in [2.05, 4.69) is 0 Å². The van der Waals surface area contributed by atoms with Crippen LogP contribution in [0.5, 0.6) is 0 Å². The Balaban J connectivity index is 2.93.